The minimum Gasteiger partial charge on any atom is -0.497 e. The summed E-state index contributed by atoms with van der Waals surface area (Å²) in [6.45, 7) is 6.28. The van der Waals surface area contributed by atoms with Crippen molar-refractivity contribution < 1.29 is 14.2 Å². The maximum absolute atomic E-state index is 13.2. The molecule has 0 aliphatic heterocycles. The van der Waals surface area contributed by atoms with Crippen molar-refractivity contribution in [1.29, 1.82) is 0 Å². The Balaban J connectivity index is 1.76. The van der Waals surface area contributed by atoms with Crippen LogP contribution in [0.15, 0.2) is 53.3 Å². The maximum Gasteiger partial charge on any atom is 0.252 e. The molecule has 2 aromatic heterocycles. The summed E-state index contributed by atoms with van der Waals surface area (Å²) in [5, 5.41) is 13.5. The van der Waals surface area contributed by atoms with Crippen molar-refractivity contribution >= 4 is 10.9 Å². The molecule has 10 nitrogen and oxygen atoms in total. The topological polar surface area (TPSA) is 107 Å². The van der Waals surface area contributed by atoms with Crippen LogP contribution < -0.4 is 15.0 Å². The number of aromatic amines is 1. The molecule has 0 amide bonds. The normalized spacial score (nSPS) is 12.4. The molecule has 0 aliphatic carbocycles. The minimum atomic E-state index is -0.158. The molecule has 4 rings (SSSR count). The first-order valence-corrected chi connectivity index (χ1v) is 12.3. The van der Waals surface area contributed by atoms with Crippen molar-refractivity contribution in [3.05, 3.63) is 75.8 Å². The Labute approximate surface area is 216 Å². The van der Waals surface area contributed by atoms with Crippen LogP contribution in [0.3, 0.4) is 0 Å². The van der Waals surface area contributed by atoms with Gasteiger partial charge in [-0.3, -0.25) is 9.69 Å². The molecule has 2 heterocycles. The predicted octanol–water partition coefficient (Wildman–Crippen LogP) is 3.58. The van der Waals surface area contributed by atoms with E-state index in [4.69, 9.17) is 14.2 Å². The van der Waals surface area contributed by atoms with Gasteiger partial charge in [-0.1, -0.05) is 26.0 Å². The van der Waals surface area contributed by atoms with Crippen molar-refractivity contribution in [2.75, 3.05) is 27.9 Å². The van der Waals surface area contributed by atoms with Crippen molar-refractivity contribution in [2.24, 2.45) is 5.92 Å². The number of tetrazole rings is 1. The second-order valence-corrected chi connectivity index (χ2v) is 9.27. The number of aromatic nitrogens is 5. The number of ether oxygens (including phenoxy) is 3. The van der Waals surface area contributed by atoms with Crippen LogP contribution in [0.25, 0.3) is 10.9 Å². The Bertz CT molecular complexity index is 1370. The van der Waals surface area contributed by atoms with Gasteiger partial charge in [0.15, 0.2) is 5.82 Å². The van der Waals surface area contributed by atoms with Gasteiger partial charge >= 0.3 is 0 Å². The molecule has 0 aliphatic rings. The molecule has 0 unspecified atom stereocenters. The number of pyridine rings is 1. The average molecular weight is 507 g/mol. The van der Waals surface area contributed by atoms with Crippen LogP contribution in [0.5, 0.6) is 11.5 Å². The monoisotopic (exact) mass is 506 g/mol. The summed E-state index contributed by atoms with van der Waals surface area (Å²) in [6, 6.07) is 15.3. The van der Waals surface area contributed by atoms with Gasteiger partial charge in [-0.2, -0.15) is 0 Å². The highest BCUT2D eigenvalue weighted by Gasteiger charge is 2.30. The molecule has 0 spiro atoms. The number of hydrogen-bond acceptors (Lipinski definition) is 8. The van der Waals surface area contributed by atoms with E-state index in [0.29, 0.717) is 31.8 Å². The lowest BCUT2D eigenvalue weighted by Gasteiger charge is -2.33. The third-order valence-corrected chi connectivity index (χ3v) is 6.40. The number of H-pyrrole nitrogens is 1. The number of hydrogen-bond donors (Lipinski definition) is 1. The van der Waals surface area contributed by atoms with Gasteiger partial charge in [0.2, 0.25) is 0 Å². The lowest BCUT2D eigenvalue weighted by Crippen LogP contribution is -2.35. The number of nitrogens with zero attached hydrogens (tertiary/aromatic N) is 5. The summed E-state index contributed by atoms with van der Waals surface area (Å²) in [7, 11) is 4.93. The Kier molecular flexibility index (Phi) is 8.52. The van der Waals surface area contributed by atoms with Gasteiger partial charge in [0.25, 0.3) is 5.56 Å². The quantitative estimate of drug-likeness (QED) is 0.311. The molecule has 196 valence electrons. The van der Waals surface area contributed by atoms with Gasteiger partial charge in [0.1, 0.15) is 11.5 Å². The van der Waals surface area contributed by atoms with Crippen LogP contribution in [0.1, 0.15) is 36.8 Å². The van der Waals surface area contributed by atoms with E-state index in [1.54, 1.807) is 26.0 Å². The van der Waals surface area contributed by atoms with Gasteiger partial charge in [0, 0.05) is 36.7 Å². The molecule has 1 N–H and O–H groups in total. The smallest absolute Gasteiger partial charge is 0.252 e. The predicted molar refractivity (Wildman–Crippen MR) is 141 cm³/mol. The fourth-order valence-corrected chi connectivity index (χ4v) is 4.55. The number of benzene rings is 2. The van der Waals surface area contributed by atoms with Crippen LogP contribution in [0, 0.1) is 5.92 Å². The summed E-state index contributed by atoms with van der Waals surface area (Å²) in [5.41, 5.74) is 2.37. The first-order chi connectivity index (χ1) is 17.9. The zero-order chi connectivity index (χ0) is 26.4. The lowest BCUT2D eigenvalue weighted by atomic mass is 9.99. The van der Waals surface area contributed by atoms with E-state index in [-0.39, 0.29) is 17.5 Å². The number of rotatable bonds is 12. The SMILES string of the molecule is COCCn1nnnc1[C@H](C(C)C)N(Cc1ccc(OC)cc1)Cc1cc2cc(OC)ccc2[nH]c1=O. The van der Waals surface area contributed by atoms with Crippen LogP contribution in [-0.2, 0) is 24.4 Å². The Morgan fingerprint density at radius 3 is 2.38 bits per heavy atom. The molecular formula is C27H34N6O4. The Morgan fingerprint density at radius 2 is 1.70 bits per heavy atom. The highest BCUT2D eigenvalue weighted by molar-refractivity contribution is 5.80. The average Bonchev–Trinajstić information content (AvgIpc) is 3.35. The number of fused-ring (bicyclic) bond motifs is 1. The summed E-state index contributed by atoms with van der Waals surface area (Å²) in [6.07, 6.45) is 0. The van der Waals surface area contributed by atoms with Crippen LogP contribution in [0.2, 0.25) is 0 Å². The zero-order valence-electron chi connectivity index (χ0n) is 22.0. The van der Waals surface area contributed by atoms with Gasteiger partial charge in [-0.25, -0.2) is 4.68 Å². The standard InChI is InChI=1S/C27H34N6O4/c1-18(2)25(26-29-30-31-33(26)12-13-35-3)32(16-19-6-8-22(36-4)9-7-19)17-21-14-20-15-23(37-5)10-11-24(20)28-27(21)34/h6-11,14-15,18,25H,12-13,16-17H2,1-5H3,(H,28,34)/t25-/m0/s1. The highest BCUT2D eigenvalue weighted by atomic mass is 16.5. The van der Waals surface area contributed by atoms with Crippen molar-refractivity contribution in [1.82, 2.24) is 30.1 Å². The fourth-order valence-electron chi connectivity index (χ4n) is 4.55. The molecule has 0 bridgehead atoms. The molecule has 1 atom stereocenters. The van der Waals surface area contributed by atoms with Gasteiger partial charge in [0.05, 0.1) is 33.4 Å². The molecule has 0 saturated carbocycles. The van der Waals surface area contributed by atoms with E-state index < -0.39 is 0 Å². The van der Waals surface area contributed by atoms with Crippen molar-refractivity contribution in [3.63, 3.8) is 0 Å². The van der Waals surface area contributed by atoms with E-state index in [0.717, 1.165) is 33.8 Å². The van der Waals surface area contributed by atoms with E-state index in [1.807, 2.05) is 48.5 Å². The molecule has 0 fully saturated rings. The molecule has 4 aromatic rings. The maximum atomic E-state index is 13.2. The van der Waals surface area contributed by atoms with Gasteiger partial charge in [-0.05, 0) is 58.3 Å². The molecule has 0 saturated heterocycles. The van der Waals surface area contributed by atoms with E-state index in [2.05, 4.69) is 39.3 Å². The van der Waals surface area contributed by atoms with Crippen LogP contribution in [0.4, 0.5) is 0 Å². The zero-order valence-corrected chi connectivity index (χ0v) is 22.0. The fraction of sp³-hybridized carbons (Fsp3) is 0.407. The first-order valence-electron chi connectivity index (χ1n) is 12.3. The van der Waals surface area contributed by atoms with E-state index in [1.165, 1.54) is 0 Å². The summed E-state index contributed by atoms with van der Waals surface area (Å²) < 4.78 is 17.8. The lowest BCUT2D eigenvalue weighted by molar-refractivity contribution is 0.121. The summed E-state index contributed by atoms with van der Waals surface area (Å²) in [5.74, 6) is 2.42. The Morgan fingerprint density at radius 1 is 0.973 bits per heavy atom. The third kappa shape index (κ3) is 6.15. The number of nitrogens with one attached hydrogen (secondary N) is 1. The second kappa shape index (κ2) is 12.0. The summed E-state index contributed by atoms with van der Waals surface area (Å²) in [4.78, 5) is 18.4. The largest absolute Gasteiger partial charge is 0.497 e. The molecule has 0 radical (unpaired) electrons. The first kappa shape index (κ1) is 26.3. The third-order valence-electron chi connectivity index (χ3n) is 6.40. The molecule has 2 aromatic carbocycles. The molecular weight excluding hydrogens is 472 g/mol. The molecule has 10 heteroatoms. The van der Waals surface area contributed by atoms with Crippen molar-refractivity contribution in [3.8, 4) is 11.5 Å². The second-order valence-electron chi connectivity index (χ2n) is 9.27. The van der Waals surface area contributed by atoms with Crippen LogP contribution >= 0.6 is 0 Å². The van der Waals surface area contributed by atoms with Crippen LogP contribution in [-0.4, -0.2) is 58.0 Å². The van der Waals surface area contributed by atoms with Gasteiger partial charge in [-0.15, -0.1) is 5.10 Å². The minimum absolute atomic E-state index is 0.126. The summed E-state index contributed by atoms with van der Waals surface area (Å²) >= 11 is 0. The van der Waals surface area contributed by atoms with Gasteiger partial charge < -0.3 is 19.2 Å². The van der Waals surface area contributed by atoms with E-state index in [9.17, 15) is 4.79 Å². The van der Waals surface area contributed by atoms with E-state index >= 15 is 0 Å². The molecule has 37 heavy (non-hydrogen) atoms. The highest BCUT2D eigenvalue weighted by Crippen LogP contribution is 2.31. The Hall–Kier alpha value is -3.76. The number of methoxy groups -OCH3 is 3. The van der Waals surface area contributed by atoms with Crippen molar-refractivity contribution in [2.45, 2.75) is 39.5 Å².